The average Bonchev–Trinajstić information content (AvgIpc) is 2.88. The number of aliphatic hydroxyl groups is 1. The third-order valence-corrected chi connectivity index (χ3v) is 3.68. The molecule has 0 spiro atoms. The van der Waals surface area contributed by atoms with Crippen molar-refractivity contribution in [3.05, 3.63) is 48.6 Å². The Morgan fingerprint density at radius 3 is 2.86 bits per heavy atom. The molecule has 0 saturated carbocycles. The SMILES string of the molecule is C=CCCC[C@@H](O)C(=O)N1C(=O)OC[C@H]1Cc1ccccc1. The molecule has 0 bridgehead atoms. The lowest BCUT2D eigenvalue weighted by molar-refractivity contribution is -0.138. The largest absolute Gasteiger partial charge is 0.447 e. The van der Waals surface area contributed by atoms with Crippen LogP contribution in [-0.4, -0.2) is 40.8 Å². The van der Waals surface area contributed by atoms with Gasteiger partial charge in [0, 0.05) is 0 Å². The van der Waals surface area contributed by atoms with Gasteiger partial charge in [-0.1, -0.05) is 36.4 Å². The van der Waals surface area contributed by atoms with Crippen molar-refractivity contribution in [3.8, 4) is 0 Å². The molecule has 2 amide bonds. The first-order chi connectivity index (χ1) is 10.6. The summed E-state index contributed by atoms with van der Waals surface area (Å²) in [5.41, 5.74) is 1.02. The molecule has 1 saturated heterocycles. The van der Waals surface area contributed by atoms with E-state index in [2.05, 4.69) is 6.58 Å². The number of carbonyl (C=O) groups excluding carboxylic acids is 2. The van der Waals surface area contributed by atoms with E-state index in [0.29, 0.717) is 19.3 Å². The number of imide groups is 1. The Labute approximate surface area is 130 Å². The highest BCUT2D eigenvalue weighted by atomic mass is 16.6. The van der Waals surface area contributed by atoms with Crippen molar-refractivity contribution >= 4 is 12.0 Å². The first kappa shape index (κ1) is 16.2. The Kier molecular flexibility index (Phi) is 5.72. The molecule has 1 N–H and O–H groups in total. The average molecular weight is 303 g/mol. The Morgan fingerprint density at radius 2 is 2.18 bits per heavy atom. The number of hydrogen-bond acceptors (Lipinski definition) is 4. The molecule has 1 fully saturated rings. The van der Waals surface area contributed by atoms with E-state index in [9.17, 15) is 14.7 Å². The summed E-state index contributed by atoms with van der Waals surface area (Å²) in [6.07, 6.45) is 2.10. The highest BCUT2D eigenvalue weighted by Crippen LogP contribution is 2.19. The van der Waals surface area contributed by atoms with E-state index in [-0.39, 0.29) is 12.6 Å². The molecule has 1 aromatic rings. The fraction of sp³-hybridized carbons (Fsp3) is 0.412. The second-order valence-corrected chi connectivity index (χ2v) is 5.36. The maximum Gasteiger partial charge on any atom is 0.417 e. The zero-order chi connectivity index (χ0) is 15.9. The van der Waals surface area contributed by atoms with E-state index < -0.39 is 18.1 Å². The fourth-order valence-electron chi connectivity index (χ4n) is 2.51. The minimum atomic E-state index is -1.18. The molecule has 0 radical (unpaired) electrons. The van der Waals surface area contributed by atoms with Gasteiger partial charge in [0.1, 0.15) is 12.7 Å². The maximum atomic E-state index is 12.3. The van der Waals surface area contributed by atoms with E-state index in [1.807, 2.05) is 30.3 Å². The number of amides is 2. The quantitative estimate of drug-likeness (QED) is 0.620. The van der Waals surface area contributed by atoms with Crippen LogP contribution in [0.5, 0.6) is 0 Å². The van der Waals surface area contributed by atoms with Gasteiger partial charge in [-0.25, -0.2) is 9.69 Å². The van der Waals surface area contributed by atoms with Crippen LogP contribution in [0.2, 0.25) is 0 Å². The molecular weight excluding hydrogens is 282 g/mol. The van der Waals surface area contributed by atoms with E-state index in [1.54, 1.807) is 6.08 Å². The normalized spacial score (nSPS) is 18.9. The summed E-state index contributed by atoms with van der Waals surface area (Å²) in [5, 5.41) is 9.97. The molecule has 0 aliphatic carbocycles. The fourth-order valence-corrected chi connectivity index (χ4v) is 2.51. The number of carbonyl (C=O) groups is 2. The number of ether oxygens (including phenoxy) is 1. The number of aliphatic hydroxyl groups excluding tert-OH is 1. The molecule has 0 aromatic heterocycles. The van der Waals surface area contributed by atoms with E-state index >= 15 is 0 Å². The van der Waals surface area contributed by atoms with Crippen LogP contribution in [0.3, 0.4) is 0 Å². The lowest BCUT2D eigenvalue weighted by Crippen LogP contribution is -2.45. The number of benzene rings is 1. The van der Waals surface area contributed by atoms with Crippen LogP contribution in [0, 0.1) is 0 Å². The molecule has 5 heteroatoms. The lowest BCUT2D eigenvalue weighted by atomic mass is 10.0. The minimum Gasteiger partial charge on any atom is -0.447 e. The van der Waals surface area contributed by atoms with Crippen LogP contribution in [-0.2, 0) is 16.0 Å². The van der Waals surface area contributed by atoms with Crippen molar-refractivity contribution in [2.24, 2.45) is 0 Å². The van der Waals surface area contributed by atoms with Crippen LogP contribution in [0.15, 0.2) is 43.0 Å². The van der Waals surface area contributed by atoms with Crippen LogP contribution in [0.25, 0.3) is 0 Å². The summed E-state index contributed by atoms with van der Waals surface area (Å²) in [7, 11) is 0. The first-order valence-electron chi connectivity index (χ1n) is 7.46. The highest BCUT2D eigenvalue weighted by Gasteiger charge is 2.40. The Hall–Kier alpha value is -2.14. The zero-order valence-corrected chi connectivity index (χ0v) is 12.5. The predicted molar refractivity (Wildman–Crippen MR) is 82.2 cm³/mol. The summed E-state index contributed by atoms with van der Waals surface area (Å²) >= 11 is 0. The molecule has 2 rings (SSSR count). The zero-order valence-electron chi connectivity index (χ0n) is 12.5. The third-order valence-electron chi connectivity index (χ3n) is 3.68. The van der Waals surface area contributed by atoms with Gasteiger partial charge in [-0.3, -0.25) is 4.79 Å². The molecule has 0 unspecified atom stereocenters. The van der Waals surface area contributed by atoms with Crippen LogP contribution in [0.4, 0.5) is 4.79 Å². The van der Waals surface area contributed by atoms with E-state index in [1.165, 1.54) is 0 Å². The molecule has 2 atom stereocenters. The van der Waals surface area contributed by atoms with Crippen LogP contribution in [0.1, 0.15) is 24.8 Å². The van der Waals surface area contributed by atoms with Gasteiger partial charge in [0.2, 0.25) is 0 Å². The van der Waals surface area contributed by atoms with Crippen LogP contribution < -0.4 is 0 Å². The first-order valence-corrected chi connectivity index (χ1v) is 7.46. The summed E-state index contributed by atoms with van der Waals surface area (Å²) in [6.45, 7) is 3.77. The topological polar surface area (TPSA) is 66.8 Å². The molecule has 5 nitrogen and oxygen atoms in total. The number of cyclic esters (lactones) is 1. The summed E-state index contributed by atoms with van der Waals surface area (Å²) in [5.74, 6) is -0.576. The summed E-state index contributed by atoms with van der Waals surface area (Å²) in [6, 6.07) is 9.23. The third kappa shape index (κ3) is 3.95. The van der Waals surface area contributed by atoms with Crippen molar-refractivity contribution in [1.29, 1.82) is 0 Å². The van der Waals surface area contributed by atoms with Crippen LogP contribution >= 0.6 is 0 Å². The number of nitrogens with zero attached hydrogens (tertiary/aromatic N) is 1. The Morgan fingerprint density at radius 1 is 1.45 bits per heavy atom. The van der Waals surface area contributed by atoms with Gasteiger partial charge in [0.15, 0.2) is 0 Å². The second kappa shape index (κ2) is 7.75. The van der Waals surface area contributed by atoms with Gasteiger partial charge in [-0.2, -0.15) is 0 Å². The van der Waals surface area contributed by atoms with Gasteiger partial charge in [0.25, 0.3) is 5.91 Å². The molecule has 1 aliphatic heterocycles. The summed E-state index contributed by atoms with van der Waals surface area (Å²) < 4.78 is 4.99. The van der Waals surface area contributed by atoms with E-state index in [4.69, 9.17) is 4.74 Å². The Bertz CT molecular complexity index is 529. The number of unbranched alkanes of at least 4 members (excludes halogenated alkanes) is 1. The monoisotopic (exact) mass is 303 g/mol. The smallest absolute Gasteiger partial charge is 0.417 e. The molecule has 1 aliphatic rings. The highest BCUT2D eigenvalue weighted by molar-refractivity contribution is 5.95. The van der Waals surface area contributed by atoms with Gasteiger partial charge in [-0.15, -0.1) is 6.58 Å². The predicted octanol–water partition coefficient (Wildman–Crippen LogP) is 2.29. The van der Waals surface area contributed by atoms with Crippen molar-refractivity contribution < 1.29 is 19.4 Å². The summed E-state index contributed by atoms with van der Waals surface area (Å²) in [4.78, 5) is 25.2. The molecule has 118 valence electrons. The molecule has 22 heavy (non-hydrogen) atoms. The molecule has 1 heterocycles. The van der Waals surface area contributed by atoms with Crippen molar-refractivity contribution in [2.75, 3.05) is 6.61 Å². The van der Waals surface area contributed by atoms with Gasteiger partial charge in [0.05, 0.1) is 6.04 Å². The Balaban J connectivity index is 2.00. The second-order valence-electron chi connectivity index (χ2n) is 5.36. The van der Waals surface area contributed by atoms with Gasteiger partial charge in [-0.05, 0) is 31.2 Å². The number of hydrogen-bond donors (Lipinski definition) is 1. The van der Waals surface area contributed by atoms with Crippen molar-refractivity contribution in [3.63, 3.8) is 0 Å². The van der Waals surface area contributed by atoms with Gasteiger partial charge >= 0.3 is 6.09 Å². The molecular formula is C17H21NO4. The minimum absolute atomic E-state index is 0.166. The van der Waals surface area contributed by atoms with E-state index in [0.717, 1.165) is 16.9 Å². The maximum absolute atomic E-state index is 12.3. The standard InChI is InChI=1S/C17H21NO4/c1-2-3-5-10-15(19)16(20)18-14(12-22-17(18)21)11-13-8-6-4-7-9-13/h2,4,6-9,14-15,19H,1,3,5,10-12H2/t14-,15-/m1/s1. The van der Waals surface area contributed by atoms with Gasteiger partial charge < -0.3 is 9.84 Å². The lowest BCUT2D eigenvalue weighted by Gasteiger charge is -2.22. The van der Waals surface area contributed by atoms with Crippen molar-refractivity contribution in [1.82, 2.24) is 4.90 Å². The van der Waals surface area contributed by atoms with Crippen molar-refractivity contribution in [2.45, 2.75) is 37.8 Å². The number of rotatable bonds is 7. The molecule has 1 aromatic carbocycles. The number of allylic oxidation sites excluding steroid dienone is 1.